The van der Waals surface area contributed by atoms with Crippen LogP contribution < -0.4 is 4.43 Å². The average molecular weight is 325 g/mol. The number of carbonyl (C=O) groups excluding carboxylic acids is 1. The summed E-state index contributed by atoms with van der Waals surface area (Å²) in [6.07, 6.45) is -0.0527. The van der Waals surface area contributed by atoms with Crippen molar-refractivity contribution in [2.45, 2.75) is 64.6 Å². The molecule has 0 aliphatic heterocycles. The molecule has 4 heteroatoms. The maximum absolute atomic E-state index is 12.3. The van der Waals surface area contributed by atoms with Gasteiger partial charge in [0.1, 0.15) is 5.75 Å². The van der Waals surface area contributed by atoms with Crippen molar-refractivity contribution in [2.24, 2.45) is 0 Å². The molecular weight excluding hydrogens is 295 g/mol. The lowest BCUT2D eigenvalue weighted by molar-refractivity contribution is 0.0974. The van der Waals surface area contributed by atoms with E-state index >= 15 is 0 Å². The molecule has 0 amide bonds. The zero-order valence-electron chi connectivity index (χ0n) is 14.7. The first-order valence-electron chi connectivity index (χ1n) is 8.13. The topological polar surface area (TPSA) is 26.3 Å². The van der Waals surface area contributed by atoms with Crippen LogP contribution in [0.1, 0.15) is 58.3 Å². The monoisotopic (exact) mass is 324 g/mol. The summed E-state index contributed by atoms with van der Waals surface area (Å²) in [6.45, 7) is 12.8. The van der Waals surface area contributed by atoms with Gasteiger partial charge in [0, 0.05) is 12.0 Å². The third-order valence-corrected chi connectivity index (χ3v) is 10.5. The van der Waals surface area contributed by atoms with Gasteiger partial charge in [-0.2, -0.15) is 0 Å². The Morgan fingerprint density at radius 3 is 1.82 bits per heavy atom. The molecule has 22 heavy (non-hydrogen) atoms. The van der Waals surface area contributed by atoms with E-state index in [-0.39, 0.29) is 12.2 Å². The molecule has 0 saturated heterocycles. The number of ketones is 1. The molecule has 1 aromatic rings. The molecule has 0 atom stereocenters. The Hall–Kier alpha value is -1.16. The van der Waals surface area contributed by atoms with E-state index in [9.17, 15) is 9.18 Å². The molecule has 0 heterocycles. The molecule has 0 bridgehead atoms. The van der Waals surface area contributed by atoms with Gasteiger partial charge in [-0.15, -0.1) is 0 Å². The highest BCUT2D eigenvalue weighted by atomic mass is 28.4. The molecule has 0 unspecified atom stereocenters. The zero-order chi connectivity index (χ0) is 16.9. The van der Waals surface area contributed by atoms with Crippen molar-refractivity contribution in [2.75, 3.05) is 6.67 Å². The van der Waals surface area contributed by atoms with Crippen LogP contribution in [0.3, 0.4) is 0 Å². The van der Waals surface area contributed by atoms with Crippen LogP contribution in [0.2, 0.25) is 16.6 Å². The van der Waals surface area contributed by atoms with E-state index in [0.717, 1.165) is 5.75 Å². The fourth-order valence-corrected chi connectivity index (χ4v) is 8.75. The van der Waals surface area contributed by atoms with Gasteiger partial charge >= 0.3 is 0 Å². The predicted octanol–water partition coefficient (Wildman–Crippen LogP) is 5.78. The van der Waals surface area contributed by atoms with E-state index < -0.39 is 15.0 Å². The van der Waals surface area contributed by atoms with Crippen LogP contribution in [0, 0.1) is 0 Å². The van der Waals surface area contributed by atoms with Gasteiger partial charge in [-0.25, -0.2) is 0 Å². The van der Waals surface area contributed by atoms with Crippen LogP contribution in [0.15, 0.2) is 24.3 Å². The summed E-state index contributed by atoms with van der Waals surface area (Å²) in [7, 11) is -1.97. The van der Waals surface area contributed by atoms with Crippen LogP contribution in [-0.4, -0.2) is 20.8 Å². The molecule has 1 rings (SSSR count). The summed E-state index contributed by atoms with van der Waals surface area (Å²) in [5.74, 6) is 0.661. The second-order valence-electron chi connectivity index (χ2n) is 6.81. The van der Waals surface area contributed by atoms with Crippen LogP contribution in [0.5, 0.6) is 5.75 Å². The van der Waals surface area contributed by atoms with E-state index in [0.29, 0.717) is 22.2 Å². The smallest absolute Gasteiger partial charge is 0.258 e. The lowest BCUT2D eigenvalue weighted by atomic mass is 10.1. The van der Waals surface area contributed by atoms with E-state index in [2.05, 4.69) is 41.5 Å². The Morgan fingerprint density at radius 1 is 1.00 bits per heavy atom. The summed E-state index contributed by atoms with van der Waals surface area (Å²) < 4.78 is 18.8. The van der Waals surface area contributed by atoms with Crippen molar-refractivity contribution in [3.8, 4) is 5.75 Å². The number of carbonyl (C=O) groups is 1. The summed E-state index contributed by atoms with van der Waals surface area (Å²) in [6, 6.07) is 7.18. The first-order chi connectivity index (χ1) is 10.3. The minimum Gasteiger partial charge on any atom is -0.543 e. The fraction of sp³-hybridized carbons (Fsp3) is 0.611. The Morgan fingerprint density at radius 2 is 1.45 bits per heavy atom. The van der Waals surface area contributed by atoms with Crippen molar-refractivity contribution in [1.29, 1.82) is 0 Å². The Kier molecular flexibility index (Phi) is 6.79. The number of halogens is 1. The zero-order valence-corrected chi connectivity index (χ0v) is 15.7. The first kappa shape index (κ1) is 18.9. The van der Waals surface area contributed by atoms with Gasteiger partial charge in [-0.05, 0) is 40.9 Å². The highest BCUT2D eigenvalue weighted by molar-refractivity contribution is 6.78. The lowest BCUT2D eigenvalue weighted by Crippen LogP contribution is -2.50. The molecule has 0 aliphatic carbocycles. The van der Waals surface area contributed by atoms with E-state index in [1.165, 1.54) is 0 Å². The van der Waals surface area contributed by atoms with E-state index in [4.69, 9.17) is 4.43 Å². The van der Waals surface area contributed by atoms with Gasteiger partial charge < -0.3 is 4.43 Å². The van der Waals surface area contributed by atoms with Crippen LogP contribution in [0.4, 0.5) is 4.39 Å². The maximum Gasteiger partial charge on any atom is 0.258 e. The highest BCUT2D eigenvalue weighted by Gasteiger charge is 2.46. The van der Waals surface area contributed by atoms with Crippen molar-refractivity contribution in [3.05, 3.63) is 29.8 Å². The number of hydrogen-bond donors (Lipinski definition) is 0. The number of alkyl halides is 1. The normalized spacial score (nSPS) is 12.3. The van der Waals surface area contributed by atoms with Crippen molar-refractivity contribution in [1.82, 2.24) is 0 Å². The number of hydrogen-bond acceptors (Lipinski definition) is 2. The minimum atomic E-state index is -1.97. The molecule has 124 valence electrons. The third-order valence-electron chi connectivity index (χ3n) is 4.50. The number of benzene rings is 1. The summed E-state index contributed by atoms with van der Waals surface area (Å²) in [5.41, 5.74) is 2.05. The van der Waals surface area contributed by atoms with Crippen LogP contribution in [-0.2, 0) is 0 Å². The molecule has 0 N–H and O–H groups in total. The van der Waals surface area contributed by atoms with Crippen LogP contribution >= 0.6 is 0 Å². The average Bonchev–Trinajstić information content (AvgIpc) is 2.44. The van der Waals surface area contributed by atoms with Gasteiger partial charge in [0.15, 0.2) is 5.78 Å². The summed E-state index contributed by atoms with van der Waals surface area (Å²) >= 11 is 0. The third kappa shape index (κ3) is 3.97. The summed E-state index contributed by atoms with van der Waals surface area (Å²) in [5, 5.41) is 0. The predicted molar refractivity (Wildman–Crippen MR) is 93.0 cm³/mol. The van der Waals surface area contributed by atoms with E-state index in [1.807, 2.05) is 12.1 Å². The quantitative estimate of drug-likeness (QED) is 0.447. The van der Waals surface area contributed by atoms with Gasteiger partial charge in [-0.3, -0.25) is 9.18 Å². The van der Waals surface area contributed by atoms with Gasteiger partial charge in [0.05, 0.1) is 6.67 Å². The maximum atomic E-state index is 12.3. The molecular formula is C18H29FO2Si. The molecule has 0 aliphatic rings. The highest BCUT2D eigenvalue weighted by Crippen LogP contribution is 2.42. The molecule has 0 fully saturated rings. The van der Waals surface area contributed by atoms with Crippen molar-refractivity contribution in [3.63, 3.8) is 0 Å². The Labute approximate surface area is 135 Å². The van der Waals surface area contributed by atoms with Crippen molar-refractivity contribution >= 4 is 14.1 Å². The van der Waals surface area contributed by atoms with Crippen LogP contribution in [0.25, 0.3) is 0 Å². The molecule has 2 nitrogen and oxygen atoms in total. The SMILES string of the molecule is CC(C)[Si](Oc1ccc(C(=O)CCF)cc1)(C(C)C)C(C)C. The Bertz CT molecular complexity index is 459. The first-order valence-corrected chi connectivity index (χ1v) is 10.3. The molecule has 1 aromatic carbocycles. The van der Waals surface area contributed by atoms with Crippen molar-refractivity contribution < 1.29 is 13.6 Å². The van der Waals surface area contributed by atoms with Gasteiger partial charge in [0.25, 0.3) is 8.32 Å². The Balaban J connectivity index is 3.03. The number of Topliss-reactive ketones (excluding diaryl/α,β-unsaturated/α-hetero) is 1. The van der Waals surface area contributed by atoms with E-state index in [1.54, 1.807) is 12.1 Å². The van der Waals surface area contributed by atoms with Gasteiger partial charge in [0.2, 0.25) is 0 Å². The second-order valence-corrected chi connectivity index (χ2v) is 12.2. The molecule has 0 radical (unpaired) electrons. The molecule has 0 spiro atoms. The largest absolute Gasteiger partial charge is 0.543 e. The summed E-state index contributed by atoms with van der Waals surface area (Å²) in [4.78, 5) is 11.7. The molecule has 0 saturated carbocycles. The minimum absolute atomic E-state index is 0.0527. The standard InChI is InChI=1S/C18H29FO2Si/c1-13(2)22(14(3)4,15(5)6)21-17-9-7-16(8-10-17)18(20)11-12-19/h7-10,13-15H,11-12H2,1-6H3. The fourth-order valence-electron chi connectivity index (χ4n) is 3.50. The van der Waals surface area contributed by atoms with Gasteiger partial charge in [-0.1, -0.05) is 41.5 Å². The number of rotatable bonds is 8. The molecule has 0 aromatic heterocycles. The lowest BCUT2D eigenvalue weighted by Gasteiger charge is -2.42. The second kappa shape index (κ2) is 7.91.